The minimum Gasteiger partial charge on any atom is -0.387 e. The highest BCUT2D eigenvalue weighted by molar-refractivity contribution is 7.66. The number of halogens is 1. The third-order valence-electron chi connectivity index (χ3n) is 5.22. The van der Waals surface area contributed by atoms with E-state index in [9.17, 15) is 38.1 Å². The number of nitrogen functional groups attached to an aromatic ring is 1. The monoisotopic (exact) mass is 600 g/mol. The minimum absolute atomic E-state index is 0.0466. The number of hydrogen-bond acceptors (Lipinski definition) is 12. The van der Waals surface area contributed by atoms with Gasteiger partial charge in [-0.1, -0.05) is 12.1 Å². The SMILES string of the molecule is Nc1ncnc2c1c(-c1ccc(F)cc1)cn2[C@@H]1O[C@H](COP(=O)(O)OP(=O)(O)OP(=O)(O)O)C(O)C1O. The Hall–Kier alpha value is -2.14. The molecule has 38 heavy (non-hydrogen) atoms. The van der Waals surface area contributed by atoms with Crippen LogP contribution >= 0.6 is 23.5 Å². The second-order valence-corrected chi connectivity index (χ2v) is 12.3. The molecule has 0 aliphatic carbocycles. The smallest absolute Gasteiger partial charge is 0.387 e. The zero-order chi connectivity index (χ0) is 28.0. The van der Waals surface area contributed by atoms with Crippen LogP contribution in [0.1, 0.15) is 6.23 Å². The molecule has 0 bridgehead atoms. The van der Waals surface area contributed by atoms with Gasteiger partial charge in [-0.25, -0.2) is 28.1 Å². The number of hydrogen-bond donors (Lipinski definition) is 7. The summed E-state index contributed by atoms with van der Waals surface area (Å²) in [5, 5.41) is 21.4. The van der Waals surface area contributed by atoms with Gasteiger partial charge in [-0.15, -0.1) is 0 Å². The lowest BCUT2D eigenvalue weighted by Gasteiger charge is -2.19. The molecule has 1 aliphatic heterocycles. The normalized spacial score (nSPS) is 25.3. The number of anilines is 1. The lowest BCUT2D eigenvalue weighted by Crippen LogP contribution is -2.33. The highest BCUT2D eigenvalue weighted by Crippen LogP contribution is 2.66. The average molecular weight is 600 g/mol. The molecule has 6 atom stereocenters. The third kappa shape index (κ3) is 6.35. The highest BCUT2D eigenvalue weighted by Gasteiger charge is 2.47. The maximum absolute atomic E-state index is 13.4. The highest BCUT2D eigenvalue weighted by atomic mass is 31.3. The Morgan fingerprint density at radius 3 is 2.29 bits per heavy atom. The van der Waals surface area contributed by atoms with Crippen LogP contribution in [0.5, 0.6) is 0 Å². The van der Waals surface area contributed by atoms with Crippen molar-refractivity contribution in [2.75, 3.05) is 12.3 Å². The molecular formula is C17H20FN4O13P3. The van der Waals surface area contributed by atoms with Crippen molar-refractivity contribution >= 4 is 40.3 Å². The summed E-state index contributed by atoms with van der Waals surface area (Å²) in [7, 11) is -16.8. The third-order valence-corrected chi connectivity index (χ3v) is 9.03. The van der Waals surface area contributed by atoms with Crippen LogP contribution in [-0.2, 0) is 31.6 Å². The topological polar surface area (TPSA) is 266 Å². The van der Waals surface area contributed by atoms with E-state index in [1.54, 1.807) is 0 Å². The molecule has 1 aromatic carbocycles. The maximum atomic E-state index is 13.4. The number of fused-ring (bicyclic) bond motifs is 1. The molecule has 8 N–H and O–H groups in total. The van der Waals surface area contributed by atoms with Crippen LogP contribution < -0.4 is 5.73 Å². The molecule has 3 heterocycles. The second-order valence-electron chi connectivity index (χ2n) is 7.85. The molecule has 0 saturated carbocycles. The van der Waals surface area contributed by atoms with E-state index in [1.165, 1.54) is 35.0 Å². The number of aliphatic hydroxyl groups is 2. The predicted molar refractivity (Wildman–Crippen MR) is 123 cm³/mol. The van der Waals surface area contributed by atoms with E-state index in [0.29, 0.717) is 16.5 Å². The Bertz CT molecular complexity index is 1480. The zero-order valence-corrected chi connectivity index (χ0v) is 21.3. The maximum Gasteiger partial charge on any atom is 0.490 e. The van der Waals surface area contributed by atoms with Crippen molar-refractivity contribution in [1.29, 1.82) is 0 Å². The average Bonchev–Trinajstić information content (AvgIpc) is 3.29. The first-order valence-corrected chi connectivity index (χ1v) is 14.8. The Morgan fingerprint density at radius 2 is 1.66 bits per heavy atom. The molecule has 0 spiro atoms. The molecule has 2 aromatic heterocycles. The molecule has 1 aliphatic rings. The molecule has 1 fully saturated rings. The molecule has 1 saturated heterocycles. The summed E-state index contributed by atoms with van der Waals surface area (Å²) in [6.45, 7) is -1.00. The number of aromatic nitrogens is 3. The van der Waals surface area contributed by atoms with Gasteiger partial charge >= 0.3 is 23.5 Å². The van der Waals surface area contributed by atoms with Gasteiger partial charge in [0.05, 0.1) is 12.0 Å². The second kappa shape index (κ2) is 10.4. The summed E-state index contributed by atoms with van der Waals surface area (Å²) >= 11 is 0. The van der Waals surface area contributed by atoms with Crippen LogP contribution in [0.2, 0.25) is 0 Å². The molecule has 21 heteroatoms. The van der Waals surface area contributed by atoms with E-state index in [2.05, 4.69) is 23.1 Å². The number of nitrogens with zero attached hydrogens (tertiary/aromatic N) is 3. The molecule has 17 nitrogen and oxygen atoms in total. The van der Waals surface area contributed by atoms with Crippen LogP contribution in [0.3, 0.4) is 0 Å². The molecule has 4 rings (SSSR count). The van der Waals surface area contributed by atoms with Crippen molar-refractivity contribution in [3.63, 3.8) is 0 Å². The van der Waals surface area contributed by atoms with Gasteiger partial charge in [0.1, 0.15) is 41.9 Å². The van der Waals surface area contributed by atoms with Gasteiger partial charge in [-0.05, 0) is 17.7 Å². The number of benzene rings is 1. The number of phosphoric acid groups is 3. The summed E-state index contributed by atoms with van der Waals surface area (Å²) < 4.78 is 66.3. The summed E-state index contributed by atoms with van der Waals surface area (Å²) in [6, 6.07) is 5.35. The van der Waals surface area contributed by atoms with Crippen molar-refractivity contribution in [2.45, 2.75) is 24.5 Å². The van der Waals surface area contributed by atoms with Crippen LogP contribution in [0.4, 0.5) is 10.2 Å². The lowest BCUT2D eigenvalue weighted by atomic mass is 10.1. The largest absolute Gasteiger partial charge is 0.490 e. The lowest BCUT2D eigenvalue weighted by molar-refractivity contribution is -0.0500. The fourth-order valence-corrected chi connectivity index (χ4v) is 6.75. The van der Waals surface area contributed by atoms with Gasteiger partial charge < -0.3 is 44.8 Å². The van der Waals surface area contributed by atoms with E-state index in [-0.39, 0.29) is 11.5 Å². The number of nitrogens with two attached hydrogens (primary N) is 1. The van der Waals surface area contributed by atoms with Crippen LogP contribution in [0.25, 0.3) is 22.2 Å². The first-order chi connectivity index (χ1) is 17.6. The number of phosphoric ester groups is 1. The van der Waals surface area contributed by atoms with E-state index in [4.69, 9.17) is 20.3 Å². The van der Waals surface area contributed by atoms with Gasteiger partial charge in [0, 0.05) is 11.8 Å². The molecule has 0 amide bonds. The Morgan fingerprint density at radius 1 is 1.00 bits per heavy atom. The molecule has 3 aromatic rings. The van der Waals surface area contributed by atoms with Gasteiger partial charge in [-0.3, -0.25) is 4.52 Å². The summed E-state index contributed by atoms with van der Waals surface area (Å²) in [6.07, 6.45) is -3.71. The van der Waals surface area contributed by atoms with Gasteiger partial charge in [-0.2, -0.15) is 8.62 Å². The van der Waals surface area contributed by atoms with Gasteiger partial charge in [0.15, 0.2) is 6.23 Å². The van der Waals surface area contributed by atoms with Crippen molar-refractivity contribution in [2.24, 2.45) is 0 Å². The van der Waals surface area contributed by atoms with Gasteiger partial charge in [0.25, 0.3) is 0 Å². The molecule has 208 valence electrons. The van der Waals surface area contributed by atoms with Crippen molar-refractivity contribution < 1.29 is 65.8 Å². The fourth-order valence-electron chi connectivity index (χ4n) is 3.72. The van der Waals surface area contributed by atoms with Crippen LogP contribution in [0, 0.1) is 5.82 Å². The molecule has 0 radical (unpaired) electrons. The Kier molecular flexibility index (Phi) is 7.93. The van der Waals surface area contributed by atoms with Gasteiger partial charge in [0.2, 0.25) is 0 Å². The molecular weight excluding hydrogens is 580 g/mol. The fraction of sp³-hybridized carbons (Fsp3) is 0.294. The van der Waals surface area contributed by atoms with Crippen LogP contribution in [-0.4, -0.2) is 69.2 Å². The van der Waals surface area contributed by atoms with E-state index < -0.39 is 60.4 Å². The Balaban J connectivity index is 1.57. The van der Waals surface area contributed by atoms with E-state index in [1.807, 2.05) is 0 Å². The summed E-state index contributed by atoms with van der Waals surface area (Å²) in [4.78, 5) is 44.1. The van der Waals surface area contributed by atoms with Crippen molar-refractivity contribution in [3.8, 4) is 11.1 Å². The van der Waals surface area contributed by atoms with Crippen molar-refractivity contribution in [3.05, 3.63) is 42.6 Å². The molecule has 4 unspecified atom stereocenters. The predicted octanol–water partition coefficient (Wildman–Crippen LogP) is 0.782. The Labute approximate surface area is 211 Å². The minimum atomic E-state index is -5.75. The standard InChI is InChI=1S/C17H20FN4O13P3/c18-9-3-1-8(2-4-9)10-5-22(16-12(10)15(19)20-7-21-16)17-14(24)13(23)11(33-17)6-32-37(28,29)35-38(30,31)34-36(25,26)27/h1-5,7,11,13-14,17,23-24H,6H2,(H,28,29)(H,30,31)(H2,19,20,21)(H2,25,26,27)/t11-,13?,14?,17-/m1/s1. The number of ether oxygens (including phenoxy) is 1. The summed E-state index contributed by atoms with van der Waals surface area (Å²) in [5.41, 5.74) is 7.12. The number of rotatable bonds is 9. The quantitative estimate of drug-likeness (QED) is 0.167. The van der Waals surface area contributed by atoms with E-state index >= 15 is 0 Å². The van der Waals surface area contributed by atoms with Crippen LogP contribution in [0.15, 0.2) is 36.8 Å². The van der Waals surface area contributed by atoms with Crippen molar-refractivity contribution in [1.82, 2.24) is 14.5 Å². The first-order valence-electron chi connectivity index (χ1n) is 10.2. The number of aliphatic hydroxyl groups excluding tert-OH is 2. The van der Waals surface area contributed by atoms with E-state index in [0.717, 1.165) is 6.33 Å². The first kappa shape index (κ1) is 28.9. The summed E-state index contributed by atoms with van der Waals surface area (Å²) in [5.74, 6) is -0.441. The zero-order valence-electron chi connectivity index (χ0n) is 18.7.